The van der Waals surface area contributed by atoms with E-state index in [0.29, 0.717) is 0 Å². The van der Waals surface area contributed by atoms with Crippen LogP contribution in [0.25, 0.3) is 0 Å². The zero-order chi connectivity index (χ0) is 10.7. The fourth-order valence-electron chi connectivity index (χ4n) is 2.33. The van der Waals surface area contributed by atoms with E-state index >= 15 is 0 Å². The second-order valence-corrected chi connectivity index (χ2v) is 6.03. The zero-order valence-corrected chi connectivity index (χ0v) is 10.4. The molecule has 15 heavy (non-hydrogen) atoms. The molecule has 1 aromatic heterocycles. The van der Waals surface area contributed by atoms with Crippen LogP contribution in [-0.4, -0.2) is 11.0 Å². The molecule has 3 heteroatoms. The summed E-state index contributed by atoms with van der Waals surface area (Å²) in [6.45, 7) is 5.43. The summed E-state index contributed by atoms with van der Waals surface area (Å²) in [6.07, 6.45) is 7.44. The summed E-state index contributed by atoms with van der Waals surface area (Å²) in [5.74, 6) is 0.897. The molecule has 0 bridgehead atoms. The maximum atomic E-state index is 4.38. The van der Waals surface area contributed by atoms with Gasteiger partial charge < -0.3 is 5.32 Å². The Labute approximate surface area is 96.1 Å². The Hall–Kier alpha value is -0.410. The standard InChI is InChI=1S/C12H20N2S/c1-9-4-3-5-11(6-9)13-8-12-14-7-10(2)15-12/h7,9,11,13H,3-6,8H2,1-2H3. The first kappa shape index (κ1) is 11.1. The van der Waals surface area contributed by atoms with E-state index in [4.69, 9.17) is 0 Å². The number of hydrogen-bond acceptors (Lipinski definition) is 3. The van der Waals surface area contributed by atoms with Crippen LogP contribution in [0.5, 0.6) is 0 Å². The van der Waals surface area contributed by atoms with Gasteiger partial charge in [-0.1, -0.05) is 19.8 Å². The molecule has 2 rings (SSSR count). The van der Waals surface area contributed by atoms with E-state index in [1.54, 1.807) is 11.3 Å². The lowest BCUT2D eigenvalue weighted by molar-refractivity contribution is 0.300. The van der Waals surface area contributed by atoms with E-state index in [0.717, 1.165) is 18.5 Å². The third-order valence-corrected chi connectivity index (χ3v) is 4.06. The smallest absolute Gasteiger partial charge is 0.107 e. The van der Waals surface area contributed by atoms with Crippen molar-refractivity contribution in [2.45, 2.75) is 52.1 Å². The van der Waals surface area contributed by atoms with E-state index in [1.807, 2.05) is 6.20 Å². The molecule has 2 nitrogen and oxygen atoms in total. The monoisotopic (exact) mass is 224 g/mol. The number of aromatic nitrogens is 1. The molecule has 84 valence electrons. The minimum absolute atomic E-state index is 0.720. The summed E-state index contributed by atoms with van der Waals surface area (Å²) < 4.78 is 0. The van der Waals surface area contributed by atoms with Crippen LogP contribution in [0.15, 0.2) is 6.20 Å². The maximum absolute atomic E-state index is 4.38. The van der Waals surface area contributed by atoms with Crippen molar-refractivity contribution >= 4 is 11.3 Å². The van der Waals surface area contributed by atoms with Crippen molar-refractivity contribution in [2.24, 2.45) is 5.92 Å². The number of hydrogen-bond donors (Lipinski definition) is 1. The van der Waals surface area contributed by atoms with Crippen LogP contribution in [0.3, 0.4) is 0 Å². The van der Waals surface area contributed by atoms with Crippen molar-refractivity contribution in [2.75, 3.05) is 0 Å². The quantitative estimate of drug-likeness (QED) is 0.853. The Morgan fingerprint density at radius 1 is 1.53 bits per heavy atom. The summed E-state index contributed by atoms with van der Waals surface area (Å²) in [7, 11) is 0. The van der Waals surface area contributed by atoms with Crippen LogP contribution in [-0.2, 0) is 6.54 Å². The molecule has 2 atom stereocenters. The van der Waals surface area contributed by atoms with Gasteiger partial charge in [-0.2, -0.15) is 0 Å². The molecule has 0 spiro atoms. The van der Waals surface area contributed by atoms with Crippen LogP contribution in [0.4, 0.5) is 0 Å². The first-order valence-electron chi connectivity index (χ1n) is 5.88. The highest BCUT2D eigenvalue weighted by Crippen LogP contribution is 2.23. The molecular weight excluding hydrogens is 204 g/mol. The van der Waals surface area contributed by atoms with Gasteiger partial charge in [0, 0.05) is 23.7 Å². The molecule has 1 N–H and O–H groups in total. The van der Waals surface area contributed by atoms with E-state index in [2.05, 4.69) is 24.1 Å². The summed E-state index contributed by atoms with van der Waals surface area (Å²) >= 11 is 1.80. The molecule has 0 aliphatic heterocycles. The average molecular weight is 224 g/mol. The summed E-state index contributed by atoms with van der Waals surface area (Å²) in [5, 5.41) is 4.86. The molecular formula is C12H20N2S. The van der Waals surface area contributed by atoms with Gasteiger partial charge in [0.15, 0.2) is 0 Å². The normalized spacial score (nSPS) is 26.8. The van der Waals surface area contributed by atoms with Crippen LogP contribution < -0.4 is 5.32 Å². The van der Waals surface area contributed by atoms with Gasteiger partial charge in [0.05, 0.1) is 0 Å². The first-order chi connectivity index (χ1) is 7.24. The molecule has 0 saturated heterocycles. The summed E-state index contributed by atoms with van der Waals surface area (Å²) in [4.78, 5) is 5.68. The van der Waals surface area contributed by atoms with Crippen LogP contribution >= 0.6 is 11.3 Å². The second-order valence-electron chi connectivity index (χ2n) is 4.71. The third-order valence-electron chi connectivity index (χ3n) is 3.15. The summed E-state index contributed by atoms with van der Waals surface area (Å²) in [6, 6.07) is 0.720. The van der Waals surface area contributed by atoms with Crippen molar-refractivity contribution in [3.63, 3.8) is 0 Å². The average Bonchev–Trinajstić information content (AvgIpc) is 2.62. The lowest BCUT2D eigenvalue weighted by atomic mass is 9.87. The number of rotatable bonds is 3. The van der Waals surface area contributed by atoms with Gasteiger partial charge in [-0.25, -0.2) is 4.98 Å². The topological polar surface area (TPSA) is 24.9 Å². The number of nitrogens with zero attached hydrogens (tertiary/aromatic N) is 1. The number of aryl methyl sites for hydroxylation is 1. The Morgan fingerprint density at radius 2 is 2.40 bits per heavy atom. The Bertz CT molecular complexity index is 308. The first-order valence-corrected chi connectivity index (χ1v) is 6.70. The molecule has 1 heterocycles. The van der Waals surface area contributed by atoms with Gasteiger partial charge in [-0.05, 0) is 25.7 Å². The number of thiazole rings is 1. The van der Waals surface area contributed by atoms with Gasteiger partial charge in [-0.3, -0.25) is 0 Å². The second kappa shape index (κ2) is 5.08. The molecule has 1 aliphatic carbocycles. The van der Waals surface area contributed by atoms with Crippen molar-refractivity contribution in [1.82, 2.24) is 10.3 Å². The van der Waals surface area contributed by atoms with Crippen LogP contribution in [0, 0.1) is 12.8 Å². The van der Waals surface area contributed by atoms with Crippen LogP contribution in [0.2, 0.25) is 0 Å². The van der Waals surface area contributed by atoms with Gasteiger partial charge in [0.2, 0.25) is 0 Å². The molecule has 1 aromatic rings. The van der Waals surface area contributed by atoms with E-state index < -0.39 is 0 Å². The minimum atomic E-state index is 0.720. The SMILES string of the molecule is Cc1cnc(CNC2CCCC(C)C2)s1. The van der Waals surface area contributed by atoms with Gasteiger partial charge >= 0.3 is 0 Å². The Kier molecular flexibility index (Phi) is 3.76. The lowest BCUT2D eigenvalue weighted by Gasteiger charge is -2.27. The molecule has 1 saturated carbocycles. The highest BCUT2D eigenvalue weighted by atomic mass is 32.1. The molecule has 0 radical (unpaired) electrons. The van der Waals surface area contributed by atoms with Crippen molar-refractivity contribution < 1.29 is 0 Å². The highest BCUT2D eigenvalue weighted by molar-refractivity contribution is 7.11. The summed E-state index contributed by atoms with van der Waals surface area (Å²) in [5.41, 5.74) is 0. The predicted octanol–water partition coefficient (Wildman–Crippen LogP) is 3.12. The number of nitrogens with one attached hydrogen (secondary N) is 1. The van der Waals surface area contributed by atoms with Gasteiger partial charge in [0.25, 0.3) is 0 Å². The molecule has 0 aromatic carbocycles. The van der Waals surface area contributed by atoms with E-state index in [-0.39, 0.29) is 0 Å². The zero-order valence-electron chi connectivity index (χ0n) is 9.62. The van der Waals surface area contributed by atoms with Crippen molar-refractivity contribution in [3.05, 3.63) is 16.1 Å². The van der Waals surface area contributed by atoms with Crippen molar-refractivity contribution in [3.8, 4) is 0 Å². The minimum Gasteiger partial charge on any atom is -0.308 e. The van der Waals surface area contributed by atoms with E-state index in [9.17, 15) is 0 Å². The predicted molar refractivity (Wildman–Crippen MR) is 65.1 cm³/mol. The van der Waals surface area contributed by atoms with E-state index in [1.165, 1.54) is 35.6 Å². The molecule has 0 amide bonds. The lowest BCUT2D eigenvalue weighted by Crippen LogP contribution is -2.32. The van der Waals surface area contributed by atoms with Crippen LogP contribution in [0.1, 0.15) is 42.5 Å². The molecule has 1 aliphatic rings. The molecule has 2 unspecified atom stereocenters. The fourth-order valence-corrected chi connectivity index (χ4v) is 3.07. The fraction of sp³-hybridized carbons (Fsp3) is 0.750. The van der Waals surface area contributed by atoms with Gasteiger partial charge in [-0.15, -0.1) is 11.3 Å². The van der Waals surface area contributed by atoms with Crippen molar-refractivity contribution in [1.29, 1.82) is 0 Å². The van der Waals surface area contributed by atoms with Gasteiger partial charge in [0.1, 0.15) is 5.01 Å². The third kappa shape index (κ3) is 3.28. The maximum Gasteiger partial charge on any atom is 0.107 e. The largest absolute Gasteiger partial charge is 0.308 e. The Balaban J connectivity index is 1.77. The highest BCUT2D eigenvalue weighted by Gasteiger charge is 2.18. The Morgan fingerprint density at radius 3 is 3.07 bits per heavy atom. The molecule has 1 fully saturated rings.